The number of nitrogens with one attached hydrogen (secondary N) is 2. The Hall–Kier alpha value is -3.43. The van der Waals surface area contributed by atoms with Gasteiger partial charge in [0.15, 0.2) is 0 Å². The number of hydrogen-bond acceptors (Lipinski definition) is 7. The Balaban J connectivity index is 2.31. The molecule has 2 amide bonds. The summed E-state index contributed by atoms with van der Waals surface area (Å²) in [6.45, 7) is 4.62. The molecule has 1 aliphatic heterocycles. The summed E-state index contributed by atoms with van der Waals surface area (Å²) >= 11 is 0. The van der Waals surface area contributed by atoms with Crippen LogP contribution >= 0.6 is 0 Å². The van der Waals surface area contributed by atoms with E-state index in [4.69, 9.17) is 9.47 Å². The fourth-order valence-electron chi connectivity index (χ4n) is 2.86. The quantitative estimate of drug-likeness (QED) is 0.412. The van der Waals surface area contributed by atoms with Crippen LogP contribution in [0.25, 0.3) is 0 Å². The van der Waals surface area contributed by atoms with Crippen LogP contribution in [0.1, 0.15) is 36.2 Å². The normalized spacial score (nSPS) is 16.1. The van der Waals surface area contributed by atoms with Crippen molar-refractivity contribution in [3.05, 3.63) is 50.7 Å². The van der Waals surface area contributed by atoms with Gasteiger partial charge in [-0.3, -0.25) is 10.1 Å². The number of ether oxygens (including phenoxy) is 2. The zero-order chi connectivity index (χ0) is 20.8. The number of urea groups is 1. The summed E-state index contributed by atoms with van der Waals surface area (Å²) in [5, 5.41) is 16.3. The van der Waals surface area contributed by atoms with E-state index in [1.54, 1.807) is 13.8 Å². The van der Waals surface area contributed by atoms with Gasteiger partial charge in [-0.05, 0) is 26.3 Å². The number of rotatable bonds is 7. The summed E-state index contributed by atoms with van der Waals surface area (Å²) in [4.78, 5) is 47.1. The molecular weight excluding hydrogens is 370 g/mol. The molecule has 0 bridgehead atoms. The molecule has 28 heavy (non-hydrogen) atoms. The standard InChI is InChI=1S/C18H21N3O7/c1-4-12-14(17(23)27-5-2)13(20-18(24)19-12)9-28-16(22)11-8-6-7-10(3)15(11)21(25)26/h6-8,12H,4-5,9H2,1-3H3,(H2,19,20,24)/t12-/m1/s1. The highest BCUT2D eigenvalue weighted by Crippen LogP contribution is 2.24. The van der Waals surface area contributed by atoms with Crippen molar-refractivity contribution in [2.24, 2.45) is 0 Å². The largest absolute Gasteiger partial charge is 0.463 e. The van der Waals surface area contributed by atoms with E-state index in [-0.39, 0.29) is 29.1 Å². The number of hydrogen-bond donors (Lipinski definition) is 2. The van der Waals surface area contributed by atoms with Crippen LogP contribution in [0.15, 0.2) is 29.5 Å². The van der Waals surface area contributed by atoms with Crippen LogP contribution in [0.5, 0.6) is 0 Å². The predicted octanol–water partition coefficient (Wildman–Crippen LogP) is 1.97. The highest BCUT2D eigenvalue weighted by atomic mass is 16.6. The van der Waals surface area contributed by atoms with Gasteiger partial charge in [0.2, 0.25) is 0 Å². The first-order chi connectivity index (χ1) is 13.3. The maximum atomic E-state index is 12.4. The topological polar surface area (TPSA) is 137 Å². The number of esters is 2. The van der Waals surface area contributed by atoms with Crippen LogP contribution in [0, 0.1) is 17.0 Å². The van der Waals surface area contributed by atoms with Crippen molar-refractivity contribution >= 4 is 23.7 Å². The van der Waals surface area contributed by atoms with Gasteiger partial charge in [-0.2, -0.15) is 0 Å². The Morgan fingerprint density at radius 2 is 1.93 bits per heavy atom. The van der Waals surface area contributed by atoms with E-state index >= 15 is 0 Å². The third kappa shape index (κ3) is 4.45. The van der Waals surface area contributed by atoms with Gasteiger partial charge in [0.1, 0.15) is 12.2 Å². The van der Waals surface area contributed by atoms with E-state index in [0.717, 1.165) is 0 Å². The fraction of sp³-hybridized carbons (Fsp3) is 0.389. The van der Waals surface area contributed by atoms with Gasteiger partial charge in [-0.25, -0.2) is 14.4 Å². The molecule has 0 saturated heterocycles. The summed E-state index contributed by atoms with van der Waals surface area (Å²) in [6.07, 6.45) is 0.419. The Bertz CT molecular complexity index is 848. The molecule has 0 saturated carbocycles. The summed E-state index contributed by atoms with van der Waals surface area (Å²) in [5.74, 6) is -1.58. The van der Waals surface area contributed by atoms with E-state index in [9.17, 15) is 24.5 Å². The van der Waals surface area contributed by atoms with E-state index < -0.39 is 35.5 Å². The molecule has 0 aliphatic carbocycles. The average Bonchev–Trinajstić information content (AvgIpc) is 2.64. The van der Waals surface area contributed by atoms with Crippen molar-refractivity contribution in [3.8, 4) is 0 Å². The number of nitro benzene ring substituents is 1. The zero-order valence-electron chi connectivity index (χ0n) is 15.7. The number of nitro groups is 1. The number of para-hydroxylation sites is 1. The van der Waals surface area contributed by atoms with Gasteiger partial charge in [-0.1, -0.05) is 19.1 Å². The van der Waals surface area contributed by atoms with Gasteiger partial charge in [0, 0.05) is 5.56 Å². The van der Waals surface area contributed by atoms with Gasteiger partial charge in [-0.15, -0.1) is 0 Å². The fourth-order valence-corrected chi connectivity index (χ4v) is 2.86. The van der Waals surface area contributed by atoms with Crippen molar-refractivity contribution in [2.75, 3.05) is 13.2 Å². The molecule has 1 aromatic rings. The second-order valence-electron chi connectivity index (χ2n) is 5.98. The Morgan fingerprint density at radius 1 is 1.21 bits per heavy atom. The second kappa shape index (κ2) is 8.98. The third-order valence-corrected chi connectivity index (χ3v) is 4.13. The molecule has 0 fully saturated rings. The third-order valence-electron chi connectivity index (χ3n) is 4.13. The lowest BCUT2D eigenvalue weighted by Crippen LogP contribution is -2.51. The number of benzene rings is 1. The minimum atomic E-state index is -0.938. The van der Waals surface area contributed by atoms with Crippen LogP contribution in [0.4, 0.5) is 10.5 Å². The smallest absolute Gasteiger partial charge is 0.345 e. The number of carbonyl (C=O) groups is 3. The minimum absolute atomic E-state index is 0.0812. The van der Waals surface area contributed by atoms with Crippen LogP contribution < -0.4 is 10.6 Å². The molecule has 1 atom stereocenters. The van der Waals surface area contributed by atoms with Crippen LogP contribution in [0.3, 0.4) is 0 Å². The number of amides is 2. The van der Waals surface area contributed by atoms with E-state index in [0.29, 0.717) is 12.0 Å². The number of carbonyl (C=O) groups excluding carboxylic acids is 3. The monoisotopic (exact) mass is 391 g/mol. The van der Waals surface area contributed by atoms with Gasteiger partial charge in [0.25, 0.3) is 5.69 Å². The Kier molecular flexibility index (Phi) is 6.69. The van der Waals surface area contributed by atoms with Gasteiger partial charge >= 0.3 is 18.0 Å². The first-order valence-corrected chi connectivity index (χ1v) is 8.68. The highest BCUT2D eigenvalue weighted by Gasteiger charge is 2.32. The van der Waals surface area contributed by atoms with E-state index in [1.807, 2.05) is 0 Å². The lowest BCUT2D eigenvalue weighted by molar-refractivity contribution is -0.385. The molecule has 0 radical (unpaired) electrons. The molecule has 0 unspecified atom stereocenters. The maximum absolute atomic E-state index is 12.4. The van der Waals surface area contributed by atoms with Crippen LogP contribution in [0.2, 0.25) is 0 Å². The number of nitrogens with zero attached hydrogens (tertiary/aromatic N) is 1. The minimum Gasteiger partial charge on any atom is -0.463 e. The second-order valence-corrected chi connectivity index (χ2v) is 5.98. The first-order valence-electron chi connectivity index (χ1n) is 8.68. The Labute approximate surface area is 161 Å². The molecule has 1 heterocycles. The molecule has 0 aromatic heterocycles. The molecule has 10 nitrogen and oxygen atoms in total. The molecule has 1 aliphatic rings. The molecular formula is C18H21N3O7. The van der Waals surface area contributed by atoms with Gasteiger partial charge in [0.05, 0.1) is 28.8 Å². The lowest BCUT2D eigenvalue weighted by Gasteiger charge is -2.28. The summed E-state index contributed by atoms with van der Waals surface area (Å²) in [6, 6.07) is 3.14. The number of aryl methyl sites for hydroxylation is 1. The van der Waals surface area contributed by atoms with Crippen molar-refractivity contribution in [1.82, 2.24) is 10.6 Å². The summed E-state index contributed by atoms with van der Waals surface area (Å²) < 4.78 is 10.2. The molecule has 1 aromatic carbocycles. The van der Waals surface area contributed by atoms with Crippen molar-refractivity contribution in [3.63, 3.8) is 0 Å². The van der Waals surface area contributed by atoms with Gasteiger partial charge < -0.3 is 20.1 Å². The van der Waals surface area contributed by atoms with E-state index in [2.05, 4.69) is 10.6 Å². The first kappa shape index (κ1) is 20.9. The van der Waals surface area contributed by atoms with Crippen molar-refractivity contribution in [1.29, 1.82) is 0 Å². The van der Waals surface area contributed by atoms with Crippen molar-refractivity contribution < 1.29 is 28.8 Å². The highest BCUT2D eigenvalue weighted by molar-refractivity contribution is 5.96. The van der Waals surface area contributed by atoms with Crippen molar-refractivity contribution in [2.45, 2.75) is 33.2 Å². The van der Waals surface area contributed by atoms with Crippen LogP contribution in [-0.4, -0.2) is 42.1 Å². The van der Waals surface area contributed by atoms with Crippen LogP contribution in [-0.2, 0) is 14.3 Å². The molecule has 150 valence electrons. The molecule has 2 N–H and O–H groups in total. The molecule has 10 heteroatoms. The lowest BCUT2D eigenvalue weighted by atomic mass is 10.0. The molecule has 0 spiro atoms. The predicted molar refractivity (Wildman–Crippen MR) is 97.5 cm³/mol. The average molecular weight is 391 g/mol. The molecule has 2 rings (SSSR count). The summed E-state index contributed by atoms with van der Waals surface area (Å²) in [7, 11) is 0. The SMILES string of the molecule is CCOC(=O)C1=C(COC(=O)c2cccc(C)c2[N+](=O)[O-])NC(=O)N[C@@H]1CC. The summed E-state index contributed by atoms with van der Waals surface area (Å²) in [5.41, 5.74) is -0.0243. The Morgan fingerprint density at radius 3 is 2.54 bits per heavy atom. The van der Waals surface area contributed by atoms with E-state index in [1.165, 1.54) is 25.1 Å². The maximum Gasteiger partial charge on any atom is 0.345 e. The zero-order valence-corrected chi connectivity index (χ0v) is 15.7.